The van der Waals surface area contributed by atoms with Gasteiger partial charge >= 0.3 is 0 Å². The standard InChI is InChI=1S/C46H87NO5S/c1-3-5-7-9-11-13-15-17-19-21-23-25-27-29-31-33-35-37-39-41-45(48)44(43-53(50,51)52)47-46(49)42-40-38-36-34-32-30-28-26-24-22-20-18-16-14-12-10-8-6-4-2/h23,25,31,33,39,41,44-45,48H,3-22,24,26-30,32,34-38,40,42-43H2,1-2H3,(H,47,49)(H,50,51,52)/b25-23+,33-31+,41-39+. The van der Waals surface area contributed by atoms with Gasteiger partial charge in [0.2, 0.25) is 5.91 Å². The molecule has 7 heteroatoms. The predicted molar refractivity (Wildman–Crippen MR) is 230 cm³/mol. The molecule has 0 aliphatic heterocycles. The first-order chi connectivity index (χ1) is 25.8. The molecule has 0 radical (unpaired) electrons. The summed E-state index contributed by atoms with van der Waals surface area (Å²) in [5.41, 5.74) is 0. The molecule has 0 saturated carbocycles. The van der Waals surface area contributed by atoms with Crippen molar-refractivity contribution in [2.45, 2.75) is 244 Å². The van der Waals surface area contributed by atoms with Gasteiger partial charge in [-0.1, -0.05) is 217 Å². The molecule has 6 nitrogen and oxygen atoms in total. The van der Waals surface area contributed by atoms with Crippen LogP contribution < -0.4 is 5.32 Å². The minimum Gasteiger partial charge on any atom is -0.387 e. The van der Waals surface area contributed by atoms with Crippen LogP contribution >= 0.6 is 0 Å². The molecule has 0 saturated heterocycles. The van der Waals surface area contributed by atoms with E-state index in [2.05, 4.69) is 43.5 Å². The van der Waals surface area contributed by atoms with Crippen LogP contribution in [-0.2, 0) is 14.9 Å². The van der Waals surface area contributed by atoms with Crippen molar-refractivity contribution >= 4 is 16.0 Å². The molecule has 3 N–H and O–H groups in total. The van der Waals surface area contributed by atoms with Crippen LogP contribution in [0, 0.1) is 0 Å². The molecule has 1 amide bonds. The second kappa shape index (κ2) is 40.2. The summed E-state index contributed by atoms with van der Waals surface area (Å²) < 4.78 is 32.6. The molecule has 0 fully saturated rings. The van der Waals surface area contributed by atoms with Gasteiger partial charge in [-0.15, -0.1) is 0 Å². The summed E-state index contributed by atoms with van der Waals surface area (Å²) in [5, 5.41) is 13.2. The lowest BCUT2D eigenvalue weighted by atomic mass is 10.0. The number of allylic oxidation sites excluding steroid dienone is 5. The summed E-state index contributed by atoms with van der Waals surface area (Å²) in [5.74, 6) is -1.00. The van der Waals surface area contributed by atoms with Crippen molar-refractivity contribution in [3.05, 3.63) is 36.5 Å². The van der Waals surface area contributed by atoms with Crippen LogP contribution in [-0.4, -0.2) is 41.9 Å². The van der Waals surface area contributed by atoms with Crippen LogP contribution in [0.15, 0.2) is 36.5 Å². The molecule has 0 heterocycles. The fourth-order valence-electron chi connectivity index (χ4n) is 6.89. The summed E-state index contributed by atoms with van der Waals surface area (Å²) in [7, 11) is -4.36. The molecular weight excluding hydrogens is 679 g/mol. The highest BCUT2D eigenvalue weighted by Gasteiger charge is 2.24. The Morgan fingerprint density at radius 1 is 0.491 bits per heavy atom. The maximum Gasteiger partial charge on any atom is 0.267 e. The molecule has 0 bridgehead atoms. The van der Waals surface area contributed by atoms with Crippen LogP contribution in [0.4, 0.5) is 0 Å². The maximum absolute atomic E-state index is 12.5. The Bertz CT molecular complexity index is 976. The highest BCUT2D eigenvalue weighted by Crippen LogP contribution is 2.15. The van der Waals surface area contributed by atoms with E-state index in [0.29, 0.717) is 6.42 Å². The van der Waals surface area contributed by atoms with Crippen LogP contribution in [0.5, 0.6) is 0 Å². The van der Waals surface area contributed by atoms with E-state index in [0.717, 1.165) is 38.5 Å². The number of hydrogen-bond donors (Lipinski definition) is 3. The van der Waals surface area contributed by atoms with Crippen molar-refractivity contribution in [2.24, 2.45) is 0 Å². The van der Waals surface area contributed by atoms with Crippen molar-refractivity contribution in [1.82, 2.24) is 5.32 Å². The smallest absolute Gasteiger partial charge is 0.267 e. The lowest BCUT2D eigenvalue weighted by molar-refractivity contribution is -0.122. The van der Waals surface area contributed by atoms with Crippen LogP contribution in [0.3, 0.4) is 0 Å². The molecule has 312 valence electrons. The van der Waals surface area contributed by atoms with Crippen molar-refractivity contribution in [2.75, 3.05) is 5.75 Å². The van der Waals surface area contributed by atoms with Gasteiger partial charge in [0.25, 0.3) is 10.1 Å². The first-order valence-electron chi connectivity index (χ1n) is 22.7. The number of amides is 1. The molecule has 53 heavy (non-hydrogen) atoms. The molecule has 0 aliphatic carbocycles. The quantitative estimate of drug-likeness (QED) is 0.0327. The zero-order valence-electron chi connectivity index (χ0n) is 34.9. The number of rotatable bonds is 41. The Balaban J connectivity index is 3.92. The first kappa shape index (κ1) is 51.6. The summed E-state index contributed by atoms with van der Waals surface area (Å²) in [6, 6.07) is -1.08. The number of carbonyl (C=O) groups excluding carboxylic acids is 1. The highest BCUT2D eigenvalue weighted by atomic mass is 32.2. The second-order valence-corrected chi connectivity index (χ2v) is 17.2. The van der Waals surface area contributed by atoms with Gasteiger partial charge < -0.3 is 10.4 Å². The fourth-order valence-corrected chi connectivity index (χ4v) is 7.63. The summed E-state index contributed by atoms with van der Waals surface area (Å²) in [4.78, 5) is 12.5. The molecule has 0 aromatic carbocycles. The van der Waals surface area contributed by atoms with Crippen LogP contribution in [0.1, 0.15) is 232 Å². The van der Waals surface area contributed by atoms with Crippen LogP contribution in [0.25, 0.3) is 0 Å². The zero-order valence-corrected chi connectivity index (χ0v) is 35.7. The Hall–Kier alpha value is -1.44. The molecule has 0 aromatic rings. The number of nitrogens with one attached hydrogen (secondary N) is 1. The Morgan fingerprint density at radius 2 is 0.811 bits per heavy atom. The normalized spacial score (nSPS) is 13.5. The Kier molecular flexibility index (Phi) is 39.1. The molecular formula is C46H87NO5S. The average Bonchev–Trinajstić information content (AvgIpc) is 3.12. The molecule has 0 rings (SSSR count). The minimum atomic E-state index is -4.36. The maximum atomic E-state index is 12.5. The Morgan fingerprint density at radius 3 is 1.19 bits per heavy atom. The molecule has 0 spiro atoms. The van der Waals surface area contributed by atoms with E-state index < -0.39 is 28.0 Å². The van der Waals surface area contributed by atoms with Crippen molar-refractivity contribution in [3.8, 4) is 0 Å². The van der Waals surface area contributed by atoms with Gasteiger partial charge in [0, 0.05) is 6.42 Å². The third-order valence-electron chi connectivity index (χ3n) is 10.3. The van der Waals surface area contributed by atoms with E-state index in [1.54, 1.807) is 6.08 Å². The van der Waals surface area contributed by atoms with Gasteiger partial charge in [-0.2, -0.15) is 8.42 Å². The lowest BCUT2D eigenvalue weighted by Gasteiger charge is -2.21. The van der Waals surface area contributed by atoms with E-state index in [1.807, 2.05) is 0 Å². The topological polar surface area (TPSA) is 104 Å². The summed E-state index contributed by atoms with van der Waals surface area (Å²) >= 11 is 0. The SMILES string of the molecule is CCCCCCCCCCC/C=C/CC/C=C/CC/C=C/C(O)C(CS(=O)(=O)O)NC(=O)CCCCCCCCCCCCCCCCCCCCC. The first-order valence-corrected chi connectivity index (χ1v) is 24.3. The highest BCUT2D eigenvalue weighted by molar-refractivity contribution is 7.85. The second-order valence-electron chi connectivity index (χ2n) is 15.7. The molecule has 0 aromatic heterocycles. The van der Waals surface area contributed by atoms with Crippen molar-refractivity contribution < 1.29 is 22.9 Å². The zero-order chi connectivity index (χ0) is 38.9. The van der Waals surface area contributed by atoms with Gasteiger partial charge in [0.05, 0.1) is 17.9 Å². The van der Waals surface area contributed by atoms with Gasteiger partial charge in [-0.3, -0.25) is 9.35 Å². The number of aliphatic hydroxyl groups excluding tert-OH is 1. The third kappa shape index (κ3) is 41.6. The van der Waals surface area contributed by atoms with Crippen molar-refractivity contribution in [1.29, 1.82) is 0 Å². The molecule has 2 atom stereocenters. The number of aliphatic hydroxyl groups is 1. The molecule has 2 unspecified atom stereocenters. The number of hydrogen-bond acceptors (Lipinski definition) is 4. The minimum absolute atomic E-state index is 0.288. The predicted octanol–water partition coefficient (Wildman–Crippen LogP) is 13.7. The lowest BCUT2D eigenvalue weighted by Crippen LogP contribution is -2.46. The van der Waals surface area contributed by atoms with Gasteiger partial charge in [0.1, 0.15) is 0 Å². The largest absolute Gasteiger partial charge is 0.387 e. The monoisotopic (exact) mass is 766 g/mol. The van der Waals surface area contributed by atoms with E-state index in [9.17, 15) is 22.9 Å². The number of unbranched alkanes of at least 4 members (excludes halogenated alkanes) is 29. The fraction of sp³-hybridized carbons (Fsp3) is 0.848. The van der Waals surface area contributed by atoms with E-state index in [4.69, 9.17) is 0 Å². The van der Waals surface area contributed by atoms with Gasteiger partial charge in [0.15, 0.2) is 0 Å². The van der Waals surface area contributed by atoms with Crippen molar-refractivity contribution in [3.63, 3.8) is 0 Å². The number of carbonyl (C=O) groups is 1. The van der Waals surface area contributed by atoms with Gasteiger partial charge in [-0.25, -0.2) is 0 Å². The summed E-state index contributed by atoms with van der Waals surface area (Å²) in [6.07, 6.45) is 52.8. The van der Waals surface area contributed by atoms with Gasteiger partial charge in [-0.05, 0) is 44.9 Å². The third-order valence-corrected chi connectivity index (χ3v) is 11.1. The summed E-state index contributed by atoms with van der Waals surface area (Å²) in [6.45, 7) is 4.54. The Labute approximate surface area is 329 Å². The molecule has 0 aliphatic rings. The van der Waals surface area contributed by atoms with E-state index in [1.165, 1.54) is 173 Å². The van der Waals surface area contributed by atoms with Crippen LogP contribution in [0.2, 0.25) is 0 Å². The average molecular weight is 766 g/mol. The van der Waals surface area contributed by atoms with E-state index >= 15 is 0 Å². The van der Waals surface area contributed by atoms with E-state index in [-0.39, 0.29) is 12.3 Å².